The van der Waals surface area contributed by atoms with Crippen LogP contribution in [0.3, 0.4) is 0 Å². The van der Waals surface area contributed by atoms with E-state index in [-0.39, 0.29) is 0 Å². The van der Waals surface area contributed by atoms with Crippen molar-refractivity contribution in [3.63, 3.8) is 0 Å². The quantitative estimate of drug-likeness (QED) is 0.644. The van der Waals surface area contributed by atoms with E-state index in [2.05, 4.69) is 23.8 Å². The molecule has 5 heteroatoms. The number of hydrogen-bond donors (Lipinski definition) is 0. The van der Waals surface area contributed by atoms with E-state index in [0.717, 1.165) is 23.3 Å². The Kier molecular flexibility index (Phi) is 5.91. The number of nitrogens with zero attached hydrogens (tertiary/aromatic N) is 2. The zero-order chi connectivity index (χ0) is 15.4. The van der Waals surface area contributed by atoms with Gasteiger partial charge in [0.15, 0.2) is 0 Å². The minimum atomic E-state index is 0.417. The molecule has 1 unspecified atom stereocenters. The van der Waals surface area contributed by atoms with Crippen LogP contribution in [0.4, 0.5) is 0 Å². The van der Waals surface area contributed by atoms with Crippen LogP contribution in [0.25, 0.3) is 11.1 Å². The number of aromatic nitrogens is 2. The minimum Gasteiger partial charge on any atom is -0.220 e. The summed E-state index contributed by atoms with van der Waals surface area (Å²) in [5.41, 5.74) is 2.81. The van der Waals surface area contributed by atoms with Crippen LogP contribution in [0.1, 0.15) is 31.7 Å². The lowest BCUT2D eigenvalue weighted by atomic mass is 10.1. The molecule has 0 saturated heterocycles. The molecule has 1 aromatic heterocycles. The molecule has 21 heavy (non-hydrogen) atoms. The van der Waals surface area contributed by atoms with Crippen LogP contribution in [0.2, 0.25) is 10.3 Å². The van der Waals surface area contributed by atoms with Crippen LogP contribution < -0.4 is 0 Å². The van der Waals surface area contributed by atoms with Gasteiger partial charge >= 0.3 is 0 Å². The van der Waals surface area contributed by atoms with Gasteiger partial charge in [-0.15, -0.1) is 0 Å². The Morgan fingerprint density at radius 1 is 1.19 bits per heavy atom. The van der Waals surface area contributed by atoms with Crippen molar-refractivity contribution in [3.8, 4) is 11.1 Å². The molecular formula is C16H18Cl2N2S. The standard InChI is InChI=1S/C16H18Cl2N2S/c1-4-11(3)21-9-13-19-15(17)14(16(18)20-13)12-7-5-6-10(2)8-12/h5-8,11H,4,9H2,1-3H3. The van der Waals surface area contributed by atoms with Crippen LogP contribution in [-0.2, 0) is 5.75 Å². The summed E-state index contributed by atoms with van der Waals surface area (Å²) in [6, 6.07) is 8.01. The number of thioether (sulfide) groups is 1. The Morgan fingerprint density at radius 3 is 2.43 bits per heavy atom. The van der Waals surface area contributed by atoms with E-state index >= 15 is 0 Å². The highest BCUT2D eigenvalue weighted by Crippen LogP contribution is 2.33. The van der Waals surface area contributed by atoms with Crippen molar-refractivity contribution in [2.75, 3.05) is 0 Å². The van der Waals surface area contributed by atoms with Gasteiger partial charge in [-0.2, -0.15) is 11.8 Å². The van der Waals surface area contributed by atoms with Crippen LogP contribution >= 0.6 is 35.0 Å². The number of benzene rings is 1. The Bertz CT molecular complexity index is 608. The second-order valence-electron chi connectivity index (χ2n) is 5.00. The maximum atomic E-state index is 6.33. The first-order valence-electron chi connectivity index (χ1n) is 6.91. The van der Waals surface area contributed by atoms with E-state index < -0.39 is 0 Å². The summed E-state index contributed by atoms with van der Waals surface area (Å²) in [4.78, 5) is 8.79. The van der Waals surface area contributed by atoms with E-state index in [1.165, 1.54) is 0 Å². The molecule has 0 N–H and O–H groups in total. The van der Waals surface area contributed by atoms with Crippen molar-refractivity contribution in [1.29, 1.82) is 0 Å². The van der Waals surface area contributed by atoms with E-state index in [4.69, 9.17) is 23.2 Å². The van der Waals surface area contributed by atoms with Crippen molar-refractivity contribution in [1.82, 2.24) is 9.97 Å². The van der Waals surface area contributed by atoms with E-state index in [1.807, 2.05) is 43.0 Å². The molecule has 0 radical (unpaired) electrons. The molecular weight excluding hydrogens is 323 g/mol. The molecule has 1 atom stereocenters. The molecule has 0 fully saturated rings. The molecule has 0 saturated carbocycles. The van der Waals surface area contributed by atoms with Crippen LogP contribution in [0, 0.1) is 6.92 Å². The first kappa shape index (κ1) is 16.6. The molecule has 0 aliphatic carbocycles. The fraction of sp³-hybridized carbons (Fsp3) is 0.375. The highest BCUT2D eigenvalue weighted by molar-refractivity contribution is 7.99. The first-order valence-corrected chi connectivity index (χ1v) is 8.72. The maximum absolute atomic E-state index is 6.33. The molecule has 2 aromatic rings. The lowest BCUT2D eigenvalue weighted by Crippen LogP contribution is -2.00. The third-order valence-electron chi connectivity index (χ3n) is 3.25. The second kappa shape index (κ2) is 7.48. The van der Waals surface area contributed by atoms with Gasteiger partial charge in [0.25, 0.3) is 0 Å². The summed E-state index contributed by atoms with van der Waals surface area (Å²) < 4.78 is 0. The fourth-order valence-electron chi connectivity index (χ4n) is 1.89. The van der Waals surface area contributed by atoms with Gasteiger partial charge in [-0.1, -0.05) is 66.9 Å². The Morgan fingerprint density at radius 2 is 1.86 bits per heavy atom. The Hall–Kier alpha value is -0.770. The van der Waals surface area contributed by atoms with Crippen molar-refractivity contribution in [3.05, 3.63) is 46.0 Å². The molecule has 1 aromatic carbocycles. The van der Waals surface area contributed by atoms with Gasteiger partial charge in [-0.05, 0) is 18.9 Å². The van der Waals surface area contributed by atoms with Crippen LogP contribution in [0.15, 0.2) is 24.3 Å². The normalized spacial score (nSPS) is 12.4. The Balaban J connectivity index is 2.29. The van der Waals surface area contributed by atoms with Crippen molar-refractivity contribution < 1.29 is 0 Å². The predicted molar refractivity (Wildman–Crippen MR) is 93.3 cm³/mol. The number of hydrogen-bond acceptors (Lipinski definition) is 3. The summed E-state index contributed by atoms with van der Waals surface area (Å²) in [6.07, 6.45) is 1.12. The molecule has 0 amide bonds. The zero-order valence-corrected chi connectivity index (χ0v) is 14.7. The maximum Gasteiger partial charge on any atom is 0.142 e. The van der Waals surface area contributed by atoms with E-state index in [0.29, 0.717) is 26.9 Å². The van der Waals surface area contributed by atoms with Gasteiger partial charge in [0.05, 0.1) is 11.3 Å². The molecule has 0 aliphatic rings. The first-order chi connectivity index (χ1) is 10.0. The van der Waals surface area contributed by atoms with Crippen LogP contribution in [0.5, 0.6) is 0 Å². The SMILES string of the molecule is CCC(C)SCc1nc(Cl)c(-c2cccc(C)c2)c(Cl)n1. The lowest BCUT2D eigenvalue weighted by Gasteiger charge is -2.11. The van der Waals surface area contributed by atoms with Crippen molar-refractivity contribution in [2.45, 2.75) is 38.2 Å². The number of aryl methyl sites for hydroxylation is 1. The summed E-state index contributed by atoms with van der Waals surface area (Å²) in [6.45, 7) is 6.39. The summed E-state index contributed by atoms with van der Waals surface area (Å²) in [5, 5.41) is 1.41. The van der Waals surface area contributed by atoms with Crippen LogP contribution in [-0.4, -0.2) is 15.2 Å². The molecule has 112 valence electrons. The third kappa shape index (κ3) is 4.35. The van der Waals surface area contributed by atoms with Gasteiger partial charge in [-0.3, -0.25) is 0 Å². The average Bonchev–Trinajstić information content (AvgIpc) is 2.44. The summed E-state index contributed by atoms with van der Waals surface area (Å²) >= 11 is 14.5. The average molecular weight is 341 g/mol. The van der Waals surface area contributed by atoms with Gasteiger partial charge in [0, 0.05) is 5.25 Å². The molecule has 1 heterocycles. The predicted octanol–water partition coefficient (Wildman–Crippen LogP) is 5.79. The van der Waals surface area contributed by atoms with Gasteiger partial charge in [0.1, 0.15) is 16.1 Å². The Labute approximate surface area is 140 Å². The monoisotopic (exact) mass is 340 g/mol. The minimum absolute atomic E-state index is 0.417. The second-order valence-corrected chi connectivity index (χ2v) is 7.14. The zero-order valence-electron chi connectivity index (χ0n) is 12.4. The van der Waals surface area contributed by atoms with Crippen molar-refractivity contribution >= 4 is 35.0 Å². The summed E-state index contributed by atoms with van der Waals surface area (Å²) in [5.74, 6) is 1.41. The number of rotatable bonds is 5. The van der Waals surface area contributed by atoms with E-state index in [1.54, 1.807) is 0 Å². The lowest BCUT2D eigenvalue weighted by molar-refractivity contribution is 0.901. The highest BCUT2D eigenvalue weighted by atomic mass is 35.5. The molecule has 0 spiro atoms. The molecule has 2 nitrogen and oxygen atoms in total. The van der Waals surface area contributed by atoms with Gasteiger partial charge in [0.2, 0.25) is 0 Å². The van der Waals surface area contributed by atoms with Gasteiger partial charge < -0.3 is 0 Å². The molecule has 0 aliphatic heterocycles. The van der Waals surface area contributed by atoms with Crippen molar-refractivity contribution in [2.24, 2.45) is 0 Å². The van der Waals surface area contributed by atoms with Gasteiger partial charge in [-0.25, -0.2) is 9.97 Å². The molecule has 0 bridgehead atoms. The third-order valence-corrected chi connectivity index (χ3v) is 5.12. The number of halogens is 2. The summed E-state index contributed by atoms with van der Waals surface area (Å²) in [7, 11) is 0. The van der Waals surface area contributed by atoms with E-state index in [9.17, 15) is 0 Å². The topological polar surface area (TPSA) is 25.8 Å². The molecule has 2 rings (SSSR count). The fourth-order valence-corrected chi connectivity index (χ4v) is 3.33. The highest BCUT2D eigenvalue weighted by Gasteiger charge is 2.14. The smallest absolute Gasteiger partial charge is 0.142 e. The largest absolute Gasteiger partial charge is 0.220 e.